The second kappa shape index (κ2) is 7.97. The molecule has 1 unspecified atom stereocenters. The van der Waals surface area contributed by atoms with Crippen molar-refractivity contribution in [3.63, 3.8) is 0 Å². The molecule has 0 bridgehead atoms. The van der Waals surface area contributed by atoms with Gasteiger partial charge in [0.2, 0.25) is 0 Å². The van der Waals surface area contributed by atoms with E-state index in [-0.39, 0.29) is 6.04 Å². The predicted molar refractivity (Wildman–Crippen MR) is 101 cm³/mol. The van der Waals surface area contributed by atoms with Crippen LogP contribution in [0.1, 0.15) is 36.6 Å². The van der Waals surface area contributed by atoms with Crippen molar-refractivity contribution in [3.05, 3.63) is 59.2 Å². The largest absolute Gasteiger partial charge is 0.494 e. The highest BCUT2D eigenvalue weighted by Crippen LogP contribution is 2.18. The van der Waals surface area contributed by atoms with E-state index in [0.717, 1.165) is 17.0 Å². The van der Waals surface area contributed by atoms with Crippen LogP contribution in [0.5, 0.6) is 5.75 Å². The number of thiocarbonyl (C=S) groups is 1. The molecule has 23 heavy (non-hydrogen) atoms. The topological polar surface area (TPSA) is 33.3 Å². The van der Waals surface area contributed by atoms with Crippen LogP contribution in [0.15, 0.2) is 42.5 Å². The summed E-state index contributed by atoms with van der Waals surface area (Å²) < 4.78 is 5.46. The second-order valence-corrected chi connectivity index (χ2v) is 6.11. The molecule has 0 aliphatic heterocycles. The molecule has 0 heterocycles. The van der Waals surface area contributed by atoms with Gasteiger partial charge < -0.3 is 15.4 Å². The minimum absolute atomic E-state index is 0.122. The molecular weight excluding hydrogens is 304 g/mol. The minimum atomic E-state index is 0.122. The van der Waals surface area contributed by atoms with Crippen LogP contribution in [-0.4, -0.2) is 11.7 Å². The van der Waals surface area contributed by atoms with E-state index in [2.05, 4.69) is 61.7 Å². The van der Waals surface area contributed by atoms with Crippen LogP contribution in [0.3, 0.4) is 0 Å². The standard InChI is InChI=1S/C19H24N2OS/c1-5-22-18-8-6-16(7-9-18)15(4)20-19(23)21-17-11-13(2)10-14(3)12-17/h6-12,15H,5H2,1-4H3,(H2,20,21,23). The van der Waals surface area contributed by atoms with E-state index in [9.17, 15) is 0 Å². The molecule has 0 spiro atoms. The molecule has 0 aromatic heterocycles. The predicted octanol–water partition coefficient (Wildman–Crippen LogP) is 4.75. The Morgan fingerprint density at radius 1 is 1.09 bits per heavy atom. The Balaban J connectivity index is 1.96. The normalized spacial score (nSPS) is 11.7. The number of anilines is 1. The molecule has 0 saturated heterocycles. The number of benzene rings is 2. The highest BCUT2D eigenvalue weighted by atomic mass is 32.1. The SMILES string of the molecule is CCOc1ccc(C(C)NC(=S)Nc2cc(C)cc(C)c2)cc1. The molecule has 0 amide bonds. The van der Waals surface area contributed by atoms with Crippen molar-refractivity contribution in [2.45, 2.75) is 33.7 Å². The van der Waals surface area contributed by atoms with Crippen molar-refractivity contribution in [1.82, 2.24) is 5.32 Å². The molecule has 1 atom stereocenters. The Labute approximate surface area is 144 Å². The number of aryl methyl sites for hydroxylation is 2. The van der Waals surface area contributed by atoms with Gasteiger partial charge in [0.15, 0.2) is 5.11 Å². The Morgan fingerprint density at radius 3 is 2.26 bits per heavy atom. The third-order valence-electron chi connectivity index (χ3n) is 3.52. The van der Waals surface area contributed by atoms with E-state index < -0.39 is 0 Å². The van der Waals surface area contributed by atoms with E-state index in [4.69, 9.17) is 17.0 Å². The summed E-state index contributed by atoms with van der Waals surface area (Å²) in [6, 6.07) is 14.5. The Morgan fingerprint density at radius 2 is 1.70 bits per heavy atom. The van der Waals surface area contributed by atoms with Gasteiger partial charge in [0.05, 0.1) is 12.6 Å². The third-order valence-corrected chi connectivity index (χ3v) is 3.74. The van der Waals surface area contributed by atoms with E-state index in [1.54, 1.807) is 0 Å². The molecule has 122 valence electrons. The molecule has 0 saturated carbocycles. The zero-order valence-corrected chi connectivity index (χ0v) is 15.0. The smallest absolute Gasteiger partial charge is 0.171 e. The van der Waals surface area contributed by atoms with Gasteiger partial charge in [0.1, 0.15) is 5.75 Å². The van der Waals surface area contributed by atoms with Crippen molar-refractivity contribution < 1.29 is 4.74 Å². The lowest BCUT2D eigenvalue weighted by Gasteiger charge is -2.18. The average Bonchev–Trinajstić information content (AvgIpc) is 2.47. The van der Waals surface area contributed by atoms with Crippen molar-refractivity contribution in [1.29, 1.82) is 0 Å². The van der Waals surface area contributed by atoms with Gasteiger partial charge in [0, 0.05) is 5.69 Å². The average molecular weight is 328 g/mol. The monoisotopic (exact) mass is 328 g/mol. The summed E-state index contributed by atoms with van der Waals surface area (Å²) in [5, 5.41) is 7.19. The Hall–Kier alpha value is -2.07. The molecule has 3 nitrogen and oxygen atoms in total. The van der Waals surface area contributed by atoms with Crippen molar-refractivity contribution in [3.8, 4) is 5.75 Å². The lowest BCUT2D eigenvalue weighted by Crippen LogP contribution is -2.30. The lowest BCUT2D eigenvalue weighted by atomic mass is 10.1. The van der Waals surface area contributed by atoms with Crippen molar-refractivity contribution in [2.75, 3.05) is 11.9 Å². The highest BCUT2D eigenvalue weighted by molar-refractivity contribution is 7.80. The van der Waals surface area contributed by atoms with Crippen LogP contribution < -0.4 is 15.4 Å². The molecule has 0 radical (unpaired) electrons. The fourth-order valence-corrected chi connectivity index (χ4v) is 2.81. The molecule has 4 heteroatoms. The zero-order chi connectivity index (χ0) is 16.8. The summed E-state index contributed by atoms with van der Waals surface area (Å²) in [4.78, 5) is 0. The number of rotatable bonds is 5. The summed E-state index contributed by atoms with van der Waals surface area (Å²) in [6.07, 6.45) is 0. The number of nitrogens with one attached hydrogen (secondary N) is 2. The van der Waals surface area contributed by atoms with Gasteiger partial charge in [-0.2, -0.15) is 0 Å². The molecule has 2 aromatic rings. The first-order valence-corrected chi connectivity index (χ1v) is 8.27. The molecule has 2 aromatic carbocycles. The highest BCUT2D eigenvalue weighted by Gasteiger charge is 2.08. The summed E-state index contributed by atoms with van der Waals surface area (Å²) in [5.41, 5.74) is 4.61. The minimum Gasteiger partial charge on any atom is -0.494 e. The van der Waals surface area contributed by atoms with E-state index in [0.29, 0.717) is 11.7 Å². The fourth-order valence-electron chi connectivity index (χ4n) is 2.51. The van der Waals surface area contributed by atoms with Gasteiger partial charge in [-0.25, -0.2) is 0 Å². The fraction of sp³-hybridized carbons (Fsp3) is 0.316. The van der Waals surface area contributed by atoms with Gasteiger partial charge in [-0.3, -0.25) is 0 Å². The van der Waals surface area contributed by atoms with E-state index >= 15 is 0 Å². The first-order chi connectivity index (χ1) is 11.0. The van der Waals surface area contributed by atoms with Gasteiger partial charge in [0.25, 0.3) is 0 Å². The maximum Gasteiger partial charge on any atom is 0.171 e. The summed E-state index contributed by atoms with van der Waals surface area (Å²) in [6.45, 7) is 8.91. The van der Waals surface area contributed by atoms with Crippen LogP contribution in [0.2, 0.25) is 0 Å². The van der Waals surface area contributed by atoms with Crippen LogP contribution in [0.25, 0.3) is 0 Å². The molecule has 2 rings (SSSR count). The van der Waals surface area contributed by atoms with Gasteiger partial charge >= 0.3 is 0 Å². The quantitative estimate of drug-likeness (QED) is 0.776. The maximum absolute atomic E-state index is 5.46. The summed E-state index contributed by atoms with van der Waals surface area (Å²) >= 11 is 5.42. The molecule has 0 aliphatic carbocycles. The van der Waals surface area contributed by atoms with Crippen LogP contribution in [-0.2, 0) is 0 Å². The van der Waals surface area contributed by atoms with Gasteiger partial charge in [-0.1, -0.05) is 18.2 Å². The number of ether oxygens (including phenoxy) is 1. The third kappa shape index (κ3) is 5.25. The first kappa shape index (κ1) is 17.3. The number of hydrogen-bond donors (Lipinski definition) is 2. The van der Waals surface area contributed by atoms with Crippen molar-refractivity contribution in [2.24, 2.45) is 0 Å². The number of hydrogen-bond acceptors (Lipinski definition) is 2. The molecule has 0 fully saturated rings. The Bertz CT molecular complexity index is 647. The Kier molecular flexibility index (Phi) is 5.99. The van der Waals surface area contributed by atoms with Gasteiger partial charge in [-0.15, -0.1) is 0 Å². The summed E-state index contributed by atoms with van der Waals surface area (Å²) in [7, 11) is 0. The molecule has 0 aliphatic rings. The van der Waals surface area contributed by atoms with Crippen LogP contribution >= 0.6 is 12.2 Å². The lowest BCUT2D eigenvalue weighted by molar-refractivity contribution is 0.340. The second-order valence-electron chi connectivity index (χ2n) is 5.70. The van der Waals surface area contributed by atoms with E-state index in [1.807, 2.05) is 19.1 Å². The summed E-state index contributed by atoms with van der Waals surface area (Å²) in [5.74, 6) is 0.888. The molecular formula is C19H24N2OS. The van der Waals surface area contributed by atoms with Crippen LogP contribution in [0.4, 0.5) is 5.69 Å². The van der Waals surface area contributed by atoms with Gasteiger partial charge in [-0.05, 0) is 80.9 Å². The first-order valence-electron chi connectivity index (χ1n) is 7.86. The molecule has 2 N–H and O–H groups in total. The van der Waals surface area contributed by atoms with Crippen LogP contribution in [0, 0.1) is 13.8 Å². The zero-order valence-electron chi connectivity index (χ0n) is 14.1. The van der Waals surface area contributed by atoms with Crippen molar-refractivity contribution >= 4 is 23.0 Å². The maximum atomic E-state index is 5.46. The van der Waals surface area contributed by atoms with E-state index in [1.165, 1.54) is 11.1 Å².